The Bertz CT molecular complexity index is 396. The van der Waals surface area contributed by atoms with Crippen LogP contribution in [0.15, 0.2) is 22.7 Å². The smallest absolute Gasteiger partial charge is 0.234 e. The van der Waals surface area contributed by atoms with Crippen molar-refractivity contribution in [1.29, 1.82) is 0 Å². The molecule has 2 N–H and O–H groups in total. The summed E-state index contributed by atoms with van der Waals surface area (Å²) in [7, 11) is 0. The molecule has 0 aliphatic heterocycles. The second-order valence-electron chi connectivity index (χ2n) is 4.06. The molecule has 0 saturated heterocycles. The number of hydrogen-bond donors (Lipinski definition) is 2. The van der Waals surface area contributed by atoms with Crippen molar-refractivity contribution in [3.05, 3.63) is 34.1 Å². The molecular weight excluding hydrogens is 287 g/mol. The summed E-state index contributed by atoms with van der Waals surface area (Å²) in [4.78, 5) is 11.3. The van der Waals surface area contributed by atoms with E-state index in [9.17, 15) is 9.18 Å². The SMILES string of the molecule is CC(C)NC(=O)CNCc1cc(Br)ccc1F. The fourth-order valence-corrected chi connectivity index (χ4v) is 1.77. The number of halogens is 2. The lowest BCUT2D eigenvalue weighted by Crippen LogP contribution is -2.37. The maximum Gasteiger partial charge on any atom is 0.234 e. The summed E-state index contributed by atoms with van der Waals surface area (Å²) in [6, 6.07) is 4.86. The zero-order valence-electron chi connectivity index (χ0n) is 9.89. The second-order valence-corrected chi connectivity index (χ2v) is 4.98. The number of benzene rings is 1. The van der Waals surface area contributed by atoms with E-state index in [1.807, 2.05) is 13.8 Å². The number of carbonyl (C=O) groups excluding carboxylic acids is 1. The van der Waals surface area contributed by atoms with Crippen LogP contribution in [0.3, 0.4) is 0 Å². The van der Waals surface area contributed by atoms with Gasteiger partial charge < -0.3 is 10.6 Å². The standard InChI is InChI=1S/C12H16BrFN2O/c1-8(2)16-12(17)7-15-6-9-5-10(13)3-4-11(9)14/h3-5,8,15H,6-7H2,1-2H3,(H,16,17). The molecule has 0 radical (unpaired) electrons. The summed E-state index contributed by atoms with van der Waals surface area (Å²) < 4.78 is 14.2. The third kappa shape index (κ3) is 5.28. The molecular formula is C12H16BrFN2O. The molecule has 0 aliphatic carbocycles. The van der Waals surface area contributed by atoms with E-state index in [1.54, 1.807) is 12.1 Å². The van der Waals surface area contributed by atoms with Gasteiger partial charge in [-0.1, -0.05) is 15.9 Å². The minimum Gasteiger partial charge on any atom is -0.353 e. The van der Waals surface area contributed by atoms with Crippen LogP contribution in [0.25, 0.3) is 0 Å². The van der Waals surface area contributed by atoms with Crippen LogP contribution < -0.4 is 10.6 Å². The molecule has 0 spiro atoms. The lowest BCUT2D eigenvalue weighted by atomic mass is 10.2. The van der Waals surface area contributed by atoms with Crippen molar-refractivity contribution in [1.82, 2.24) is 10.6 Å². The Balaban J connectivity index is 2.40. The average molecular weight is 303 g/mol. The molecule has 1 rings (SSSR count). The Labute approximate surface area is 109 Å². The largest absolute Gasteiger partial charge is 0.353 e. The highest BCUT2D eigenvalue weighted by atomic mass is 79.9. The number of rotatable bonds is 5. The van der Waals surface area contributed by atoms with Gasteiger partial charge in [0.05, 0.1) is 6.54 Å². The first-order chi connectivity index (χ1) is 7.99. The first-order valence-corrected chi connectivity index (χ1v) is 6.22. The summed E-state index contributed by atoms with van der Waals surface area (Å²) in [6.07, 6.45) is 0. The van der Waals surface area contributed by atoms with Crippen molar-refractivity contribution in [2.24, 2.45) is 0 Å². The second kappa shape index (κ2) is 6.71. The fourth-order valence-electron chi connectivity index (χ4n) is 1.36. The van der Waals surface area contributed by atoms with Gasteiger partial charge in [-0.15, -0.1) is 0 Å². The molecule has 0 aromatic heterocycles. The summed E-state index contributed by atoms with van der Waals surface area (Å²) in [5.74, 6) is -0.361. The van der Waals surface area contributed by atoms with Crippen LogP contribution in [0.4, 0.5) is 4.39 Å². The van der Waals surface area contributed by atoms with Gasteiger partial charge in [0.1, 0.15) is 5.82 Å². The van der Waals surface area contributed by atoms with Gasteiger partial charge in [0.2, 0.25) is 5.91 Å². The van der Waals surface area contributed by atoms with Crippen molar-refractivity contribution >= 4 is 21.8 Å². The Kier molecular flexibility index (Phi) is 5.58. The first kappa shape index (κ1) is 14.1. The molecule has 5 heteroatoms. The minimum atomic E-state index is -0.273. The maximum atomic E-state index is 13.3. The Morgan fingerprint density at radius 2 is 2.18 bits per heavy atom. The van der Waals surface area contributed by atoms with Crippen molar-refractivity contribution < 1.29 is 9.18 Å². The molecule has 0 aliphatic rings. The Morgan fingerprint density at radius 3 is 2.82 bits per heavy atom. The zero-order valence-corrected chi connectivity index (χ0v) is 11.5. The van der Waals surface area contributed by atoms with Crippen molar-refractivity contribution in [2.45, 2.75) is 26.4 Å². The number of carbonyl (C=O) groups is 1. The molecule has 0 unspecified atom stereocenters. The molecule has 0 bridgehead atoms. The highest BCUT2D eigenvalue weighted by Gasteiger charge is 2.05. The van der Waals surface area contributed by atoms with Crippen molar-refractivity contribution in [3.8, 4) is 0 Å². The molecule has 0 saturated carbocycles. The Morgan fingerprint density at radius 1 is 1.47 bits per heavy atom. The number of amides is 1. The van der Waals surface area contributed by atoms with Gasteiger partial charge in [0, 0.05) is 22.6 Å². The quantitative estimate of drug-likeness (QED) is 0.875. The monoisotopic (exact) mass is 302 g/mol. The molecule has 0 heterocycles. The van der Waals surface area contributed by atoms with Gasteiger partial charge in [0.15, 0.2) is 0 Å². The van der Waals surface area contributed by atoms with E-state index in [0.717, 1.165) is 4.47 Å². The van der Waals surface area contributed by atoms with Crippen LogP contribution in [-0.4, -0.2) is 18.5 Å². The Hall–Kier alpha value is -0.940. The molecule has 94 valence electrons. The summed E-state index contributed by atoms with van der Waals surface area (Å²) in [5, 5.41) is 5.65. The summed E-state index contributed by atoms with van der Waals surface area (Å²) in [5.41, 5.74) is 0.539. The number of nitrogens with one attached hydrogen (secondary N) is 2. The van der Waals surface area contributed by atoms with Crippen LogP contribution in [0.1, 0.15) is 19.4 Å². The summed E-state index contributed by atoms with van der Waals surface area (Å²) in [6.45, 7) is 4.30. The zero-order chi connectivity index (χ0) is 12.8. The summed E-state index contributed by atoms with van der Waals surface area (Å²) >= 11 is 3.28. The van der Waals surface area contributed by atoms with Crippen molar-refractivity contribution in [3.63, 3.8) is 0 Å². The molecule has 1 amide bonds. The van der Waals surface area contributed by atoms with Crippen LogP contribution in [-0.2, 0) is 11.3 Å². The average Bonchev–Trinajstić information content (AvgIpc) is 2.22. The van der Waals surface area contributed by atoms with Gasteiger partial charge in [-0.25, -0.2) is 4.39 Å². The molecule has 0 atom stereocenters. The van der Waals surface area contributed by atoms with Crippen molar-refractivity contribution in [2.75, 3.05) is 6.54 Å². The number of hydrogen-bond acceptors (Lipinski definition) is 2. The van der Waals surface area contributed by atoms with E-state index < -0.39 is 0 Å². The third-order valence-electron chi connectivity index (χ3n) is 2.06. The van der Waals surface area contributed by atoms with Crippen LogP contribution >= 0.6 is 15.9 Å². The third-order valence-corrected chi connectivity index (χ3v) is 2.55. The van der Waals surface area contributed by atoms with E-state index in [0.29, 0.717) is 12.1 Å². The van der Waals surface area contributed by atoms with Gasteiger partial charge >= 0.3 is 0 Å². The molecule has 3 nitrogen and oxygen atoms in total. The molecule has 17 heavy (non-hydrogen) atoms. The minimum absolute atomic E-state index is 0.0876. The first-order valence-electron chi connectivity index (χ1n) is 5.43. The normalized spacial score (nSPS) is 10.6. The predicted octanol–water partition coefficient (Wildman–Crippen LogP) is 2.20. The molecule has 0 fully saturated rings. The van der Waals surface area contributed by atoms with Gasteiger partial charge in [0.25, 0.3) is 0 Å². The lowest BCUT2D eigenvalue weighted by Gasteiger charge is -2.09. The van der Waals surface area contributed by atoms with Crippen LogP contribution in [0.5, 0.6) is 0 Å². The van der Waals surface area contributed by atoms with E-state index in [-0.39, 0.29) is 24.3 Å². The van der Waals surface area contributed by atoms with Gasteiger partial charge in [-0.3, -0.25) is 4.79 Å². The molecule has 1 aromatic rings. The maximum absolute atomic E-state index is 13.3. The lowest BCUT2D eigenvalue weighted by molar-refractivity contribution is -0.120. The van der Waals surface area contributed by atoms with E-state index >= 15 is 0 Å². The highest BCUT2D eigenvalue weighted by molar-refractivity contribution is 9.10. The topological polar surface area (TPSA) is 41.1 Å². The van der Waals surface area contributed by atoms with Gasteiger partial charge in [-0.2, -0.15) is 0 Å². The van der Waals surface area contributed by atoms with E-state index in [1.165, 1.54) is 6.07 Å². The van der Waals surface area contributed by atoms with E-state index in [4.69, 9.17) is 0 Å². The predicted molar refractivity (Wildman–Crippen MR) is 69.1 cm³/mol. The van der Waals surface area contributed by atoms with Crippen LogP contribution in [0.2, 0.25) is 0 Å². The molecule has 1 aromatic carbocycles. The van der Waals surface area contributed by atoms with Gasteiger partial charge in [-0.05, 0) is 32.0 Å². The highest BCUT2D eigenvalue weighted by Crippen LogP contribution is 2.15. The fraction of sp³-hybridized carbons (Fsp3) is 0.417. The van der Waals surface area contributed by atoms with E-state index in [2.05, 4.69) is 26.6 Å². The van der Waals surface area contributed by atoms with Crippen LogP contribution in [0, 0.1) is 5.82 Å².